The first-order chi connectivity index (χ1) is 11.7. The van der Waals surface area contributed by atoms with E-state index in [9.17, 15) is 4.39 Å². The van der Waals surface area contributed by atoms with Crippen molar-refractivity contribution in [2.45, 2.75) is 0 Å². The van der Waals surface area contributed by atoms with Crippen LogP contribution in [0.15, 0.2) is 47.0 Å². The molecule has 0 bridgehead atoms. The third kappa shape index (κ3) is 2.90. The number of nitrogens with zero attached hydrogens (tertiary/aromatic N) is 1. The summed E-state index contributed by atoms with van der Waals surface area (Å²) in [6.07, 6.45) is 0. The first kappa shape index (κ1) is 15.9. The third-order valence-corrected chi connectivity index (χ3v) is 3.60. The van der Waals surface area contributed by atoms with E-state index in [1.165, 1.54) is 12.1 Å². The summed E-state index contributed by atoms with van der Waals surface area (Å²) in [6.45, 7) is 0. The summed E-state index contributed by atoms with van der Waals surface area (Å²) >= 11 is 0. The van der Waals surface area contributed by atoms with Gasteiger partial charge < -0.3 is 18.7 Å². The number of halogens is 1. The molecule has 3 aromatic rings. The molecule has 0 saturated heterocycles. The van der Waals surface area contributed by atoms with Gasteiger partial charge in [0.1, 0.15) is 17.3 Å². The molecule has 1 heterocycles. The Kier molecular flexibility index (Phi) is 4.37. The van der Waals surface area contributed by atoms with Crippen molar-refractivity contribution < 1.29 is 23.1 Å². The molecule has 0 aliphatic carbocycles. The van der Waals surface area contributed by atoms with Gasteiger partial charge >= 0.3 is 0 Å². The molecule has 3 rings (SSSR count). The molecule has 2 aromatic carbocycles. The third-order valence-electron chi connectivity index (χ3n) is 3.60. The Morgan fingerprint density at radius 2 is 1.67 bits per heavy atom. The van der Waals surface area contributed by atoms with E-state index in [4.69, 9.17) is 18.7 Å². The zero-order chi connectivity index (χ0) is 17.1. The van der Waals surface area contributed by atoms with Gasteiger partial charge in [0.05, 0.1) is 26.9 Å². The lowest BCUT2D eigenvalue weighted by molar-refractivity contribution is 0.348. The molecular formula is C18H16FNO4. The zero-order valence-corrected chi connectivity index (χ0v) is 13.5. The van der Waals surface area contributed by atoms with Crippen LogP contribution in [0.1, 0.15) is 0 Å². The summed E-state index contributed by atoms with van der Waals surface area (Å²) < 4.78 is 34.5. The van der Waals surface area contributed by atoms with Gasteiger partial charge in [-0.2, -0.15) is 0 Å². The maximum Gasteiger partial charge on any atom is 0.172 e. The summed E-state index contributed by atoms with van der Waals surface area (Å²) in [5.74, 6) is 1.82. The molecule has 0 unspecified atom stereocenters. The van der Waals surface area contributed by atoms with E-state index >= 15 is 0 Å². The predicted octanol–water partition coefficient (Wildman–Crippen LogP) is 4.17. The molecule has 0 N–H and O–H groups in total. The number of aromatic nitrogens is 1. The largest absolute Gasteiger partial charge is 0.497 e. The molecule has 5 nitrogen and oxygen atoms in total. The Labute approximate surface area is 138 Å². The number of hydrogen-bond acceptors (Lipinski definition) is 5. The Bertz CT molecular complexity index is 843. The van der Waals surface area contributed by atoms with Gasteiger partial charge in [-0.1, -0.05) is 5.16 Å². The van der Waals surface area contributed by atoms with Crippen molar-refractivity contribution >= 4 is 0 Å². The topological polar surface area (TPSA) is 53.7 Å². The van der Waals surface area contributed by atoms with Gasteiger partial charge in [0.2, 0.25) is 0 Å². The van der Waals surface area contributed by atoms with Crippen LogP contribution >= 0.6 is 0 Å². The molecule has 0 amide bonds. The van der Waals surface area contributed by atoms with E-state index in [2.05, 4.69) is 5.16 Å². The Balaban J connectivity index is 2.07. The monoisotopic (exact) mass is 329 g/mol. The van der Waals surface area contributed by atoms with E-state index in [0.717, 1.165) is 5.56 Å². The van der Waals surface area contributed by atoms with Crippen LogP contribution in [0.5, 0.6) is 17.2 Å². The summed E-state index contributed by atoms with van der Waals surface area (Å²) in [5, 5.41) is 4.04. The van der Waals surface area contributed by atoms with Crippen LogP contribution in [0.2, 0.25) is 0 Å². The Morgan fingerprint density at radius 3 is 2.29 bits per heavy atom. The molecule has 6 heteroatoms. The molecule has 0 aliphatic rings. The molecule has 0 fully saturated rings. The fraction of sp³-hybridized carbons (Fsp3) is 0.167. The average molecular weight is 329 g/mol. The van der Waals surface area contributed by atoms with Crippen molar-refractivity contribution in [1.82, 2.24) is 5.16 Å². The molecule has 0 saturated carbocycles. The maximum atomic E-state index is 13.0. The summed E-state index contributed by atoms with van der Waals surface area (Å²) in [4.78, 5) is 0. The lowest BCUT2D eigenvalue weighted by Gasteiger charge is -2.12. The highest BCUT2D eigenvalue weighted by Crippen LogP contribution is 2.42. The Morgan fingerprint density at radius 1 is 0.917 bits per heavy atom. The van der Waals surface area contributed by atoms with Crippen molar-refractivity contribution in [3.63, 3.8) is 0 Å². The average Bonchev–Trinajstić information content (AvgIpc) is 3.11. The standard InChI is InChI=1S/C18H16FNO4/c1-21-13-8-14(18(23-3)17(9-13)22-2)16-10-15(20-24-16)11-4-6-12(19)7-5-11/h4-10H,1-3H3. The minimum Gasteiger partial charge on any atom is -0.497 e. The van der Waals surface area contributed by atoms with Crippen LogP contribution in [0, 0.1) is 5.82 Å². The highest BCUT2D eigenvalue weighted by molar-refractivity contribution is 5.75. The lowest BCUT2D eigenvalue weighted by atomic mass is 10.1. The van der Waals surface area contributed by atoms with Crippen LogP contribution in [-0.2, 0) is 0 Å². The fourth-order valence-electron chi connectivity index (χ4n) is 2.40. The van der Waals surface area contributed by atoms with E-state index in [0.29, 0.717) is 34.3 Å². The highest BCUT2D eigenvalue weighted by atomic mass is 19.1. The number of rotatable bonds is 5. The van der Waals surface area contributed by atoms with Gasteiger partial charge in [-0.25, -0.2) is 4.39 Å². The molecule has 1 aromatic heterocycles. The number of methoxy groups -OCH3 is 3. The maximum absolute atomic E-state index is 13.0. The van der Waals surface area contributed by atoms with Crippen molar-refractivity contribution in [3.05, 3.63) is 48.3 Å². The van der Waals surface area contributed by atoms with Gasteiger partial charge in [-0.15, -0.1) is 0 Å². The second-order valence-electron chi connectivity index (χ2n) is 4.99. The molecule has 124 valence electrons. The minimum absolute atomic E-state index is 0.304. The van der Waals surface area contributed by atoms with Crippen LogP contribution < -0.4 is 14.2 Å². The highest BCUT2D eigenvalue weighted by Gasteiger charge is 2.19. The molecule has 0 spiro atoms. The summed E-state index contributed by atoms with van der Waals surface area (Å²) in [6, 6.07) is 11.3. The summed E-state index contributed by atoms with van der Waals surface area (Å²) in [7, 11) is 4.66. The zero-order valence-electron chi connectivity index (χ0n) is 13.5. The predicted molar refractivity (Wildman–Crippen MR) is 87.0 cm³/mol. The molecule has 24 heavy (non-hydrogen) atoms. The lowest BCUT2D eigenvalue weighted by Crippen LogP contribution is -1.95. The van der Waals surface area contributed by atoms with E-state index in [-0.39, 0.29) is 5.82 Å². The van der Waals surface area contributed by atoms with Crippen LogP contribution in [-0.4, -0.2) is 26.5 Å². The number of hydrogen-bond donors (Lipinski definition) is 0. The molecule has 0 radical (unpaired) electrons. The van der Waals surface area contributed by atoms with Crippen molar-refractivity contribution in [1.29, 1.82) is 0 Å². The van der Waals surface area contributed by atoms with Gasteiger partial charge in [0, 0.05) is 17.7 Å². The van der Waals surface area contributed by atoms with Crippen molar-refractivity contribution in [2.75, 3.05) is 21.3 Å². The molecule has 0 aliphatic heterocycles. The van der Waals surface area contributed by atoms with Crippen molar-refractivity contribution in [3.8, 4) is 39.8 Å². The molecular weight excluding hydrogens is 313 g/mol. The van der Waals surface area contributed by atoms with E-state index in [1.807, 2.05) is 0 Å². The van der Waals surface area contributed by atoms with Gasteiger partial charge in [0.15, 0.2) is 17.3 Å². The normalized spacial score (nSPS) is 10.5. The number of benzene rings is 2. The van der Waals surface area contributed by atoms with E-state index < -0.39 is 0 Å². The second-order valence-corrected chi connectivity index (χ2v) is 4.99. The van der Waals surface area contributed by atoms with Gasteiger partial charge in [-0.3, -0.25) is 0 Å². The second kappa shape index (κ2) is 6.62. The minimum atomic E-state index is -0.304. The van der Waals surface area contributed by atoms with Crippen LogP contribution in [0.4, 0.5) is 4.39 Å². The first-order valence-electron chi connectivity index (χ1n) is 7.19. The SMILES string of the molecule is COc1cc(OC)c(OC)c(-c2cc(-c3ccc(F)cc3)no2)c1. The fourth-order valence-corrected chi connectivity index (χ4v) is 2.40. The molecule has 0 atom stereocenters. The van der Waals surface area contributed by atoms with Crippen LogP contribution in [0.25, 0.3) is 22.6 Å². The van der Waals surface area contributed by atoms with Gasteiger partial charge in [0.25, 0.3) is 0 Å². The number of ether oxygens (including phenoxy) is 3. The van der Waals surface area contributed by atoms with Gasteiger partial charge in [-0.05, 0) is 30.3 Å². The Hall–Kier alpha value is -3.02. The smallest absolute Gasteiger partial charge is 0.172 e. The quantitative estimate of drug-likeness (QED) is 0.703. The first-order valence-corrected chi connectivity index (χ1v) is 7.19. The van der Waals surface area contributed by atoms with Crippen LogP contribution in [0.3, 0.4) is 0 Å². The summed E-state index contributed by atoms with van der Waals surface area (Å²) in [5.41, 5.74) is 1.99. The van der Waals surface area contributed by atoms with E-state index in [1.54, 1.807) is 51.7 Å². The van der Waals surface area contributed by atoms with Crippen molar-refractivity contribution in [2.24, 2.45) is 0 Å².